The lowest BCUT2D eigenvalue weighted by Crippen LogP contribution is -2.05. The highest BCUT2D eigenvalue weighted by atomic mass is 127. The first-order valence-corrected chi connectivity index (χ1v) is 4.18. The molecule has 0 aliphatic carbocycles. The molecule has 0 atom stereocenters. The lowest BCUT2D eigenvalue weighted by Gasteiger charge is -2.06. The van der Waals surface area contributed by atoms with E-state index in [1.165, 1.54) is 22.6 Å². The third-order valence-electron chi connectivity index (χ3n) is 1.22. The van der Waals surface area contributed by atoms with Gasteiger partial charge < -0.3 is 4.74 Å². The number of rotatable bonds is 2. The first-order valence-electron chi connectivity index (χ1n) is 3.10. The highest BCUT2D eigenvalue weighted by Gasteiger charge is 2.15. The minimum Gasteiger partial charge on any atom is -0.432 e. The van der Waals surface area contributed by atoms with Crippen molar-refractivity contribution in [3.63, 3.8) is 0 Å². The average Bonchev–Trinajstić information content (AvgIpc) is 2.06. The fourth-order valence-corrected chi connectivity index (χ4v) is 1.14. The summed E-state index contributed by atoms with van der Waals surface area (Å²) in [6.45, 7) is -3.12. The number of hydrogen-bond acceptors (Lipinski definition) is 1. The van der Waals surface area contributed by atoms with Crippen LogP contribution in [0, 0.1) is 15.2 Å². The summed E-state index contributed by atoms with van der Waals surface area (Å²) >= 11 is 1.37. The summed E-state index contributed by atoms with van der Waals surface area (Å²) in [6.07, 6.45) is 0. The molecule has 0 spiro atoms. The van der Waals surface area contributed by atoms with Crippen molar-refractivity contribution in [2.45, 2.75) is 6.61 Å². The quantitative estimate of drug-likeness (QED) is 0.463. The summed E-state index contributed by atoms with van der Waals surface area (Å²) in [7, 11) is 0. The lowest BCUT2D eigenvalue weighted by molar-refractivity contribution is -0.0523. The molecule has 0 N–H and O–H groups in total. The van der Waals surface area contributed by atoms with Crippen molar-refractivity contribution in [3.8, 4) is 5.75 Å². The predicted molar refractivity (Wildman–Crippen MR) is 45.7 cm³/mol. The van der Waals surface area contributed by atoms with Gasteiger partial charge >= 0.3 is 6.61 Å². The van der Waals surface area contributed by atoms with Gasteiger partial charge in [0.1, 0.15) is 5.82 Å². The van der Waals surface area contributed by atoms with Gasteiger partial charge in [0.05, 0.1) is 3.57 Å². The Labute approximate surface area is 84.8 Å². The monoisotopic (exact) mass is 306 g/mol. The van der Waals surface area contributed by atoms with E-state index in [1.54, 1.807) is 0 Å². The molecule has 72 valence electrons. The van der Waals surface area contributed by atoms with E-state index < -0.39 is 24.0 Å². The van der Waals surface area contributed by atoms with Crippen molar-refractivity contribution in [3.05, 3.63) is 27.3 Å². The fourth-order valence-electron chi connectivity index (χ4n) is 0.695. The molecule has 0 saturated carbocycles. The van der Waals surface area contributed by atoms with Crippen LogP contribution in [0.1, 0.15) is 0 Å². The molecule has 1 rings (SSSR count). The van der Waals surface area contributed by atoms with Crippen LogP contribution in [0.3, 0.4) is 0 Å². The summed E-state index contributed by atoms with van der Waals surface area (Å²) in [4.78, 5) is 0. The SMILES string of the molecule is Fc1ccc(OC(F)F)c(F)c1I. The van der Waals surface area contributed by atoms with E-state index in [-0.39, 0.29) is 3.57 Å². The molecule has 0 aliphatic heterocycles. The predicted octanol–water partition coefficient (Wildman–Crippen LogP) is 3.17. The second kappa shape index (κ2) is 4.12. The van der Waals surface area contributed by atoms with E-state index in [9.17, 15) is 17.6 Å². The summed E-state index contributed by atoms with van der Waals surface area (Å²) in [5.74, 6) is -2.57. The van der Waals surface area contributed by atoms with Gasteiger partial charge in [-0.2, -0.15) is 8.78 Å². The van der Waals surface area contributed by atoms with Crippen LogP contribution in [0.4, 0.5) is 17.6 Å². The maximum Gasteiger partial charge on any atom is 0.387 e. The number of alkyl halides is 2. The molecule has 0 unspecified atom stereocenters. The second-order valence-electron chi connectivity index (χ2n) is 2.05. The Morgan fingerprint density at radius 2 is 1.85 bits per heavy atom. The van der Waals surface area contributed by atoms with Crippen molar-refractivity contribution in [1.29, 1.82) is 0 Å². The molecule has 1 nitrogen and oxygen atoms in total. The van der Waals surface area contributed by atoms with Gasteiger partial charge in [0, 0.05) is 0 Å². The smallest absolute Gasteiger partial charge is 0.387 e. The fraction of sp³-hybridized carbons (Fsp3) is 0.143. The van der Waals surface area contributed by atoms with Crippen LogP contribution < -0.4 is 4.74 Å². The Hall–Kier alpha value is -0.530. The molecule has 0 saturated heterocycles. The van der Waals surface area contributed by atoms with Crippen LogP contribution in [-0.4, -0.2) is 6.61 Å². The highest BCUT2D eigenvalue weighted by Crippen LogP contribution is 2.25. The Bertz CT molecular complexity index is 316. The van der Waals surface area contributed by atoms with Crippen LogP contribution in [0.15, 0.2) is 12.1 Å². The van der Waals surface area contributed by atoms with Crippen LogP contribution in [0.25, 0.3) is 0 Å². The van der Waals surface area contributed by atoms with Crippen molar-refractivity contribution < 1.29 is 22.3 Å². The molecule has 0 amide bonds. The Morgan fingerprint density at radius 1 is 1.23 bits per heavy atom. The summed E-state index contributed by atoms with van der Waals surface area (Å²) in [5.41, 5.74) is 0. The van der Waals surface area contributed by atoms with Gasteiger partial charge in [-0.25, -0.2) is 8.78 Å². The molecule has 0 heterocycles. The molecular weight excluding hydrogens is 303 g/mol. The maximum absolute atomic E-state index is 12.9. The van der Waals surface area contributed by atoms with Gasteiger partial charge in [0.15, 0.2) is 11.6 Å². The maximum atomic E-state index is 12.9. The zero-order valence-corrected chi connectivity index (χ0v) is 8.19. The third kappa shape index (κ3) is 2.45. The molecule has 0 bridgehead atoms. The van der Waals surface area contributed by atoms with E-state index in [2.05, 4.69) is 4.74 Å². The number of benzene rings is 1. The lowest BCUT2D eigenvalue weighted by atomic mass is 10.3. The van der Waals surface area contributed by atoms with Gasteiger partial charge in [0.2, 0.25) is 0 Å². The molecule has 0 fully saturated rings. The number of hydrogen-bond donors (Lipinski definition) is 0. The van der Waals surface area contributed by atoms with Crippen molar-refractivity contribution in [1.82, 2.24) is 0 Å². The molecule has 0 radical (unpaired) electrons. The van der Waals surface area contributed by atoms with E-state index in [4.69, 9.17) is 0 Å². The summed E-state index contributed by atoms with van der Waals surface area (Å²) in [6, 6.07) is 1.68. The summed E-state index contributed by atoms with van der Waals surface area (Å²) < 4.78 is 52.3. The van der Waals surface area contributed by atoms with E-state index in [0.29, 0.717) is 0 Å². The Kier molecular flexibility index (Phi) is 3.34. The van der Waals surface area contributed by atoms with Crippen LogP contribution in [0.2, 0.25) is 0 Å². The number of ether oxygens (including phenoxy) is 1. The second-order valence-corrected chi connectivity index (χ2v) is 3.13. The molecule has 6 heteroatoms. The molecular formula is C7H3F4IO. The third-order valence-corrected chi connectivity index (χ3v) is 2.20. The molecule has 1 aromatic rings. The topological polar surface area (TPSA) is 9.23 Å². The minimum atomic E-state index is -3.12. The zero-order chi connectivity index (χ0) is 10.0. The van der Waals surface area contributed by atoms with Gasteiger partial charge in [-0.1, -0.05) is 0 Å². The largest absolute Gasteiger partial charge is 0.432 e. The first kappa shape index (κ1) is 10.6. The zero-order valence-electron chi connectivity index (χ0n) is 6.03. The average molecular weight is 306 g/mol. The van der Waals surface area contributed by atoms with Crippen molar-refractivity contribution in [2.24, 2.45) is 0 Å². The molecule has 0 aliphatic rings. The van der Waals surface area contributed by atoms with Gasteiger partial charge in [0.25, 0.3) is 0 Å². The van der Waals surface area contributed by atoms with Crippen molar-refractivity contribution >= 4 is 22.6 Å². The number of halogens is 5. The Balaban J connectivity index is 3.04. The van der Waals surface area contributed by atoms with Crippen LogP contribution in [-0.2, 0) is 0 Å². The van der Waals surface area contributed by atoms with Gasteiger partial charge in [-0.3, -0.25) is 0 Å². The van der Waals surface area contributed by atoms with E-state index in [1.807, 2.05) is 0 Å². The molecule has 13 heavy (non-hydrogen) atoms. The minimum absolute atomic E-state index is 0.365. The van der Waals surface area contributed by atoms with Crippen LogP contribution in [0.5, 0.6) is 5.75 Å². The first-order chi connectivity index (χ1) is 6.02. The standard InChI is InChI=1S/C7H3F4IO/c8-3-1-2-4(13-7(10)11)5(9)6(3)12/h1-2,7H. The summed E-state index contributed by atoms with van der Waals surface area (Å²) in [5, 5.41) is 0. The van der Waals surface area contributed by atoms with Crippen molar-refractivity contribution in [2.75, 3.05) is 0 Å². The Morgan fingerprint density at radius 3 is 2.38 bits per heavy atom. The normalized spacial score (nSPS) is 10.6. The molecule has 1 aromatic carbocycles. The van der Waals surface area contributed by atoms with E-state index >= 15 is 0 Å². The van der Waals surface area contributed by atoms with Gasteiger partial charge in [-0.15, -0.1) is 0 Å². The molecule has 0 aromatic heterocycles. The highest BCUT2D eigenvalue weighted by molar-refractivity contribution is 14.1. The van der Waals surface area contributed by atoms with Crippen LogP contribution >= 0.6 is 22.6 Å². The van der Waals surface area contributed by atoms with Gasteiger partial charge in [-0.05, 0) is 34.7 Å². The van der Waals surface area contributed by atoms with E-state index in [0.717, 1.165) is 12.1 Å².